The minimum absolute atomic E-state index is 0.0863. The van der Waals surface area contributed by atoms with Crippen molar-refractivity contribution in [3.05, 3.63) is 17.0 Å². The summed E-state index contributed by atoms with van der Waals surface area (Å²) < 4.78 is 13.7. The van der Waals surface area contributed by atoms with Crippen LogP contribution in [-0.2, 0) is 16.0 Å². The molecular weight excluding hydrogens is 294 g/mol. The second-order valence-electron chi connectivity index (χ2n) is 6.71. The van der Waals surface area contributed by atoms with Gasteiger partial charge in [-0.05, 0) is 27.2 Å². The second-order valence-corrected chi connectivity index (χ2v) is 6.71. The van der Waals surface area contributed by atoms with Crippen LogP contribution in [0.25, 0.3) is 0 Å². The third-order valence-electron chi connectivity index (χ3n) is 4.84. The van der Waals surface area contributed by atoms with Gasteiger partial charge in [-0.2, -0.15) is 5.10 Å². The van der Waals surface area contributed by atoms with Crippen LogP contribution < -0.4 is 0 Å². The molecule has 6 nitrogen and oxygen atoms in total. The van der Waals surface area contributed by atoms with Crippen molar-refractivity contribution >= 4 is 5.91 Å². The van der Waals surface area contributed by atoms with Gasteiger partial charge in [0.05, 0.1) is 24.0 Å². The van der Waals surface area contributed by atoms with E-state index in [0.717, 1.165) is 42.8 Å². The first kappa shape index (κ1) is 16.5. The molecule has 0 radical (unpaired) electrons. The molecule has 2 aliphatic rings. The van der Waals surface area contributed by atoms with Gasteiger partial charge < -0.3 is 14.4 Å². The Balaban J connectivity index is 1.70. The second kappa shape index (κ2) is 6.24. The first-order valence-electron chi connectivity index (χ1n) is 8.61. The molecular formula is C17H27N3O3. The highest BCUT2D eigenvalue weighted by Crippen LogP contribution is 2.34. The van der Waals surface area contributed by atoms with Crippen LogP contribution in [0, 0.1) is 13.8 Å². The summed E-state index contributed by atoms with van der Waals surface area (Å²) in [7, 11) is 0. The normalized spacial score (nSPS) is 23.7. The van der Waals surface area contributed by atoms with Gasteiger partial charge in [0.1, 0.15) is 0 Å². The predicted molar refractivity (Wildman–Crippen MR) is 86.4 cm³/mol. The minimum Gasteiger partial charge on any atom is -0.347 e. The Morgan fingerprint density at radius 1 is 1.35 bits per heavy atom. The van der Waals surface area contributed by atoms with E-state index in [1.807, 2.05) is 30.4 Å². The zero-order valence-electron chi connectivity index (χ0n) is 14.6. The maximum atomic E-state index is 12.9. The van der Waals surface area contributed by atoms with Gasteiger partial charge in [-0.25, -0.2) is 0 Å². The average molecular weight is 321 g/mol. The van der Waals surface area contributed by atoms with Crippen LogP contribution in [0.4, 0.5) is 0 Å². The number of carbonyl (C=O) groups is 1. The molecule has 2 saturated heterocycles. The summed E-state index contributed by atoms with van der Waals surface area (Å²) in [5.41, 5.74) is 2.55. The SMILES string of the molecule is CCCn1nc(C)c(C(=O)N2CCC3(CC2)OC[C@H](C)O3)c1C. The minimum atomic E-state index is -0.466. The summed E-state index contributed by atoms with van der Waals surface area (Å²) in [5.74, 6) is -0.379. The standard InChI is InChI=1S/C17H27N3O3/c1-5-8-20-14(4)15(13(3)18-20)16(21)19-9-6-17(7-10-19)22-11-12(2)23-17/h12H,5-11H2,1-4H3/t12-/m0/s1. The van der Waals surface area contributed by atoms with Crippen molar-refractivity contribution in [2.45, 2.75) is 65.4 Å². The molecule has 2 aliphatic heterocycles. The van der Waals surface area contributed by atoms with Gasteiger partial charge in [0.15, 0.2) is 5.79 Å². The Bertz CT molecular complexity index is 588. The van der Waals surface area contributed by atoms with Crippen molar-refractivity contribution in [2.75, 3.05) is 19.7 Å². The van der Waals surface area contributed by atoms with Crippen LogP contribution in [0.15, 0.2) is 0 Å². The summed E-state index contributed by atoms with van der Waals surface area (Å²) in [6.07, 6.45) is 2.64. The number of amides is 1. The van der Waals surface area contributed by atoms with Crippen LogP contribution >= 0.6 is 0 Å². The van der Waals surface area contributed by atoms with E-state index < -0.39 is 5.79 Å². The maximum absolute atomic E-state index is 12.9. The fourth-order valence-corrected chi connectivity index (χ4v) is 3.61. The third kappa shape index (κ3) is 3.02. The molecule has 23 heavy (non-hydrogen) atoms. The van der Waals surface area contributed by atoms with Gasteiger partial charge >= 0.3 is 0 Å². The Morgan fingerprint density at radius 3 is 2.61 bits per heavy atom. The molecule has 1 aromatic rings. The number of hydrogen-bond donors (Lipinski definition) is 0. The number of aryl methyl sites for hydroxylation is 2. The molecule has 1 atom stereocenters. The highest BCUT2D eigenvalue weighted by atomic mass is 16.7. The zero-order chi connectivity index (χ0) is 16.6. The molecule has 1 amide bonds. The van der Waals surface area contributed by atoms with E-state index >= 15 is 0 Å². The topological polar surface area (TPSA) is 56.6 Å². The van der Waals surface area contributed by atoms with Gasteiger partial charge in [0.25, 0.3) is 5.91 Å². The van der Waals surface area contributed by atoms with Gasteiger partial charge in [0, 0.05) is 38.2 Å². The number of piperidine rings is 1. The lowest BCUT2D eigenvalue weighted by Gasteiger charge is -2.37. The van der Waals surface area contributed by atoms with E-state index in [9.17, 15) is 4.79 Å². The molecule has 1 aromatic heterocycles. The van der Waals surface area contributed by atoms with Crippen LogP contribution in [0.1, 0.15) is 54.9 Å². The molecule has 0 N–H and O–H groups in total. The lowest BCUT2D eigenvalue weighted by molar-refractivity contribution is -0.189. The van der Waals surface area contributed by atoms with E-state index in [0.29, 0.717) is 19.7 Å². The Kier molecular flexibility index (Phi) is 4.47. The van der Waals surface area contributed by atoms with E-state index in [2.05, 4.69) is 12.0 Å². The molecule has 128 valence electrons. The van der Waals surface area contributed by atoms with Gasteiger partial charge in [-0.3, -0.25) is 9.48 Å². The van der Waals surface area contributed by atoms with Crippen molar-refractivity contribution in [2.24, 2.45) is 0 Å². The lowest BCUT2D eigenvalue weighted by atomic mass is 10.0. The van der Waals surface area contributed by atoms with Crippen LogP contribution in [-0.4, -0.2) is 52.2 Å². The smallest absolute Gasteiger partial charge is 0.257 e. The number of nitrogens with zero attached hydrogens (tertiary/aromatic N) is 3. The summed E-state index contributed by atoms with van der Waals surface area (Å²) in [6, 6.07) is 0. The molecule has 0 bridgehead atoms. The van der Waals surface area contributed by atoms with Crippen LogP contribution in [0.5, 0.6) is 0 Å². The number of hydrogen-bond acceptors (Lipinski definition) is 4. The lowest BCUT2D eigenvalue weighted by Crippen LogP contribution is -2.47. The maximum Gasteiger partial charge on any atom is 0.257 e. The highest BCUT2D eigenvalue weighted by Gasteiger charge is 2.43. The Morgan fingerprint density at radius 2 is 2.04 bits per heavy atom. The van der Waals surface area contributed by atoms with Crippen LogP contribution in [0.3, 0.4) is 0 Å². The fourth-order valence-electron chi connectivity index (χ4n) is 3.61. The van der Waals surface area contributed by atoms with Gasteiger partial charge in [-0.15, -0.1) is 0 Å². The summed E-state index contributed by atoms with van der Waals surface area (Å²) in [6.45, 7) is 10.9. The van der Waals surface area contributed by atoms with Crippen molar-refractivity contribution in [1.82, 2.24) is 14.7 Å². The molecule has 1 spiro atoms. The van der Waals surface area contributed by atoms with Crippen molar-refractivity contribution in [3.63, 3.8) is 0 Å². The Hall–Kier alpha value is -1.40. The molecule has 0 saturated carbocycles. The zero-order valence-corrected chi connectivity index (χ0v) is 14.6. The first-order chi connectivity index (χ1) is 11.0. The first-order valence-corrected chi connectivity index (χ1v) is 8.61. The largest absolute Gasteiger partial charge is 0.347 e. The predicted octanol–water partition coefficient (Wildman–Crippen LogP) is 2.28. The summed E-state index contributed by atoms with van der Waals surface area (Å²) in [5, 5.41) is 4.52. The summed E-state index contributed by atoms with van der Waals surface area (Å²) in [4.78, 5) is 14.8. The van der Waals surface area contributed by atoms with E-state index in [-0.39, 0.29) is 12.0 Å². The van der Waals surface area contributed by atoms with Crippen molar-refractivity contribution < 1.29 is 14.3 Å². The number of likely N-dealkylation sites (tertiary alicyclic amines) is 1. The molecule has 0 aromatic carbocycles. The monoisotopic (exact) mass is 321 g/mol. The molecule has 2 fully saturated rings. The number of rotatable bonds is 3. The van der Waals surface area contributed by atoms with Crippen molar-refractivity contribution in [1.29, 1.82) is 0 Å². The fraction of sp³-hybridized carbons (Fsp3) is 0.765. The van der Waals surface area contributed by atoms with E-state index in [1.54, 1.807) is 0 Å². The molecule has 3 rings (SSSR count). The van der Waals surface area contributed by atoms with Gasteiger partial charge in [0.2, 0.25) is 0 Å². The van der Waals surface area contributed by atoms with E-state index in [1.165, 1.54) is 0 Å². The van der Waals surface area contributed by atoms with Crippen LogP contribution in [0.2, 0.25) is 0 Å². The summed E-state index contributed by atoms with van der Waals surface area (Å²) >= 11 is 0. The number of ether oxygens (including phenoxy) is 2. The number of carbonyl (C=O) groups excluding carboxylic acids is 1. The average Bonchev–Trinajstić information content (AvgIpc) is 3.01. The third-order valence-corrected chi connectivity index (χ3v) is 4.84. The quantitative estimate of drug-likeness (QED) is 0.857. The molecule has 3 heterocycles. The molecule has 0 unspecified atom stereocenters. The Labute approximate surface area is 137 Å². The van der Waals surface area contributed by atoms with E-state index in [4.69, 9.17) is 9.47 Å². The molecule has 6 heteroatoms. The van der Waals surface area contributed by atoms with Gasteiger partial charge in [-0.1, -0.05) is 6.92 Å². The number of aromatic nitrogens is 2. The highest BCUT2D eigenvalue weighted by molar-refractivity contribution is 5.96. The molecule has 0 aliphatic carbocycles. The van der Waals surface area contributed by atoms with Crippen molar-refractivity contribution in [3.8, 4) is 0 Å².